The van der Waals surface area contributed by atoms with Gasteiger partial charge in [-0.1, -0.05) is 0 Å². The molecule has 0 atom stereocenters. The molecule has 1 aliphatic heterocycles. The Kier molecular flexibility index (Phi) is 3.60. The lowest BCUT2D eigenvalue weighted by molar-refractivity contribution is -0.119. The quantitative estimate of drug-likeness (QED) is 0.756. The van der Waals surface area contributed by atoms with Gasteiger partial charge >= 0.3 is 5.97 Å². The van der Waals surface area contributed by atoms with Crippen molar-refractivity contribution in [3.63, 3.8) is 0 Å². The first-order valence-electron chi connectivity index (χ1n) is 5.81. The van der Waals surface area contributed by atoms with Crippen molar-refractivity contribution >= 4 is 17.6 Å². The molecule has 1 fully saturated rings. The van der Waals surface area contributed by atoms with Crippen molar-refractivity contribution in [1.82, 2.24) is 0 Å². The fourth-order valence-electron chi connectivity index (χ4n) is 2.03. The Hall–Kier alpha value is -1.91. The van der Waals surface area contributed by atoms with Crippen LogP contribution < -0.4 is 4.90 Å². The molecular formula is C13H14FNO3. The molecule has 2 rings (SSSR count). The molecule has 5 heteroatoms. The number of methoxy groups -OCH3 is 1. The van der Waals surface area contributed by atoms with Crippen LogP contribution in [0.25, 0.3) is 0 Å². The second kappa shape index (κ2) is 5.16. The number of piperidine rings is 1. The number of hydrogen-bond acceptors (Lipinski definition) is 3. The molecule has 1 heterocycles. The van der Waals surface area contributed by atoms with Gasteiger partial charge < -0.3 is 9.64 Å². The number of carbonyl (C=O) groups is 2. The van der Waals surface area contributed by atoms with Gasteiger partial charge in [0, 0.05) is 18.7 Å². The maximum atomic E-state index is 13.7. The van der Waals surface area contributed by atoms with Crippen LogP contribution in [0.3, 0.4) is 0 Å². The van der Waals surface area contributed by atoms with E-state index in [-0.39, 0.29) is 11.5 Å². The van der Waals surface area contributed by atoms with Gasteiger partial charge in [-0.3, -0.25) is 4.79 Å². The number of benzene rings is 1. The van der Waals surface area contributed by atoms with E-state index >= 15 is 0 Å². The maximum Gasteiger partial charge on any atom is 0.340 e. The maximum absolute atomic E-state index is 13.7. The molecule has 1 amide bonds. The number of carbonyl (C=O) groups excluding carboxylic acids is 2. The Balaban J connectivity index is 2.28. The summed E-state index contributed by atoms with van der Waals surface area (Å²) < 4.78 is 18.2. The van der Waals surface area contributed by atoms with Crippen molar-refractivity contribution in [2.45, 2.75) is 19.3 Å². The second-order valence-corrected chi connectivity index (χ2v) is 4.16. The van der Waals surface area contributed by atoms with Crippen LogP contribution in [0.4, 0.5) is 10.1 Å². The van der Waals surface area contributed by atoms with Crippen molar-refractivity contribution in [1.29, 1.82) is 0 Å². The van der Waals surface area contributed by atoms with Crippen LogP contribution in [0, 0.1) is 5.82 Å². The first-order chi connectivity index (χ1) is 8.63. The molecule has 0 bridgehead atoms. The van der Waals surface area contributed by atoms with E-state index in [1.807, 2.05) is 0 Å². The topological polar surface area (TPSA) is 46.6 Å². The number of ether oxygens (including phenoxy) is 1. The largest absolute Gasteiger partial charge is 0.465 e. The number of amides is 1. The third-order valence-electron chi connectivity index (χ3n) is 2.99. The molecule has 1 aromatic rings. The molecule has 4 nitrogen and oxygen atoms in total. The Morgan fingerprint density at radius 1 is 1.39 bits per heavy atom. The lowest BCUT2D eigenvalue weighted by atomic mass is 10.1. The number of anilines is 1. The zero-order chi connectivity index (χ0) is 13.1. The predicted octanol–water partition coefficient (Wildman–Crippen LogP) is 2.13. The summed E-state index contributed by atoms with van der Waals surface area (Å²) in [6, 6.07) is 4.12. The fourth-order valence-corrected chi connectivity index (χ4v) is 2.03. The summed E-state index contributed by atoms with van der Waals surface area (Å²) in [5.41, 5.74) is 0.371. The first kappa shape index (κ1) is 12.5. The molecule has 1 aromatic carbocycles. The SMILES string of the molecule is COC(=O)c1ccc(N2CCCCC2=O)cc1F. The van der Waals surface area contributed by atoms with Gasteiger partial charge in [-0.05, 0) is 31.0 Å². The minimum absolute atomic E-state index is 0.00790. The van der Waals surface area contributed by atoms with Gasteiger partial charge in [0.25, 0.3) is 0 Å². The van der Waals surface area contributed by atoms with E-state index < -0.39 is 11.8 Å². The zero-order valence-corrected chi connectivity index (χ0v) is 10.1. The average molecular weight is 251 g/mol. The summed E-state index contributed by atoms with van der Waals surface area (Å²) in [6.07, 6.45) is 2.27. The van der Waals surface area contributed by atoms with E-state index in [0.717, 1.165) is 12.8 Å². The molecule has 18 heavy (non-hydrogen) atoms. The average Bonchev–Trinajstić information content (AvgIpc) is 2.38. The minimum atomic E-state index is -0.718. The highest BCUT2D eigenvalue weighted by atomic mass is 19.1. The van der Waals surface area contributed by atoms with E-state index in [9.17, 15) is 14.0 Å². The highest BCUT2D eigenvalue weighted by molar-refractivity contribution is 5.95. The van der Waals surface area contributed by atoms with Gasteiger partial charge in [-0.2, -0.15) is 0 Å². The van der Waals surface area contributed by atoms with Gasteiger partial charge in [0.2, 0.25) is 5.91 Å². The van der Waals surface area contributed by atoms with Crippen LogP contribution in [0.5, 0.6) is 0 Å². The summed E-state index contributed by atoms with van der Waals surface area (Å²) in [6.45, 7) is 0.593. The molecule has 96 valence electrons. The number of halogens is 1. The van der Waals surface area contributed by atoms with E-state index in [1.54, 1.807) is 11.0 Å². The molecule has 0 spiro atoms. The van der Waals surface area contributed by atoms with Crippen LogP contribution in [0.2, 0.25) is 0 Å². The van der Waals surface area contributed by atoms with Crippen LogP contribution in [-0.2, 0) is 9.53 Å². The minimum Gasteiger partial charge on any atom is -0.465 e. The lowest BCUT2D eigenvalue weighted by Crippen LogP contribution is -2.35. The molecule has 0 N–H and O–H groups in total. The molecule has 0 saturated carbocycles. The van der Waals surface area contributed by atoms with Crippen LogP contribution in [0.15, 0.2) is 18.2 Å². The molecule has 0 radical (unpaired) electrons. The van der Waals surface area contributed by atoms with E-state index in [1.165, 1.54) is 19.2 Å². The van der Waals surface area contributed by atoms with Crippen molar-refractivity contribution in [3.05, 3.63) is 29.6 Å². The number of esters is 1. The standard InChI is InChI=1S/C13H14FNO3/c1-18-13(17)10-6-5-9(8-11(10)14)15-7-3-2-4-12(15)16/h5-6,8H,2-4,7H2,1H3. The third kappa shape index (κ3) is 2.34. The summed E-state index contributed by atoms with van der Waals surface area (Å²) in [7, 11) is 1.20. The van der Waals surface area contributed by atoms with Crippen LogP contribution >= 0.6 is 0 Å². The fraction of sp³-hybridized carbons (Fsp3) is 0.385. The Bertz CT molecular complexity index is 487. The summed E-state index contributed by atoms with van der Waals surface area (Å²) >= 11 is 0. The first-order valence-corrected chi connectivity index (χ1v) is 5.81. The van der Waals surface area contributed by atoms with Gasteiger partial charge in [-0.15, -0.1) is 0 Å². The van der Waals surface area contributed by atoms with E-state index in [2.05, 4.69) is 4.74 Å². The zero-order valence-electron chi connectivity index (χ0n) is 10.1. The van der Waals surface area contributed by atoms with Crippen molar-refractivity contribution < 1.29 is 18.7 Å². The summed E-state index contributed by atoms with van der Waals surface area (Å²) in [4.78, 5) is 24.5. The lowest BCUT2D eigenvalue weighted by Gasteiger charge is -2.26. The Labute approximate surface area is 104 Å². The number of rotatable bonds is 2. The van der Waals surface area contributed by atoms with Crippen molar-refractivity contribution in [2.75, 3.05) is 18.6 Å². The van der Waals surface area contributed by atoms with E-state index in [4.69, 9.17) is 0 Å². The Morgan fingerprint density at radius 3 is 2.78 bits per heavy atom. The normalized spacial score (nSPS) is 15.7. The molecule has 0 aromatic heterocycles. The molecule has 1 saturated heterocycles. The van der Waals surface area contributed by atoms with Crippen LogP contribution in [-0.4, -0.2) is 25.5 Å². The second-order valence-electron chi connectivity index (χ2n) is 4.16. The number of hydrogen-bond donors (Lipinski definition) is 0. The van der Waals surface area contributed by atoms with Gasteiger partial charge in [0.05, 0.1) is 12.7 Å². The molecular weight excluding hydrogens is 237 g/mol. The van der Waals surface area contributed by atoms with Crippen molar-refractivity contribution in [3.8, 4) is 0 Å². The van der Waals surface area contributed by atoms with Crippen molar-refractivity contribution in [2.24, 2.45) is 0 Å². The van der Waals surface area contributed by atoms with Gasteiger partial charge in [-0.25, -0.2) is 9.18 Å². The van der Waals surface area contributed by atoms with Gasteiger partial charge in [0.15, 0.2) is 0 Å². The smallest absolute Gasteiger partial charge is 0.340 e. The van der Waals surface area contributed by atoms with Gasteiger partial charge in [0.1, 0.15) is 5.82 Å². The monoisotopic (exact) mass is 251 g/mol. The Morgan fingerprint density at radius 2 is 2.17 bits per heavy atom. The molecule has 0 aliphatic carbocycles. The summed E-state index contributed by atoms with van der Waals surface area (Å²) in [5, 5.41) is 0. The highest BCUT2D eigenvalue weighted by Crippen LogP contribution is 2.23. The summed E-state index contributed by atoms with van der Waals surface area (Å²) in [5.74, 6) is -1.40. The van der Waals surface area contributed by atoms with Crippen LogP contribution in [0.1, 0.15) is 29.6 Å². The highest BCUT2D eigenvalue weighted by Gasteiger charge is 2.21. The third-order valence-corrected chi connectivity index (χ3v) is 2.99. The molecule has 1 aliphatic rings. The molecule has 0 unspecified atom stereocenters. The number of nitrogens with zero attached hydrogens (tertiary/aromatic N) is 1. The predicted molar refractivity (Wildman–Crippen MR) is 63.9 cm³/mol. The van der Waals surface area contributed by atoms with E-state index in [0.29, 0.717) is 18.7 Å².